The molecule has 1 heterocycles. The standard InChI is InChI=1S/C11H9ClN2O4/c1-17-9-4-7(2-3-8(9)14(15)16)10-6-13-11(5-12)18-10/h2-4,6H,5H2,1H3. The Balaban J connectivity index is 2.43. The van der Waals surface area contributed by atoms with Crippen molar-refractivity contribution in [3.8, 4) is 17.1 Å². The third-order valence-electron chi connectivity index (χ3n) is 2.33. The van der Waals surface area contributed by atoms with Crippen molar-refractivity contribution in [3.63, 3.8) is 0 Å². The molecule has 0 atom stereocenters. The van der Waals surface area contributed by atoms with E-state index in [4.69, 9.17) is 20.8 Å². The minimum absolute atomic E-state index is 0.0988. The number of hydrogen-bond donors (Lipinski definition) is 0. The molecular formula is C11H9ClN2O4. The SMILES string of the molecule is COc1cc(-c2cnc(CCl)o2)ccc1[N+](=O)[O-]. The number of oxazole rings is 1. The van der Waals surface area contributed by atoms with Gasteiger partial charge in [0.2, 0.25) is 5.89 Å². The molecule has 0 aliphatic rings. The van der Waals surface area contributed by atoms with Gasteiger partial charge in [0.05, 0.1) is 24.1 Å². The summed E-state index contributed by atoms with van der Waals surface area (Å²) < 4.78 is 10.3. The normalized spacial score (nSPS) is 10.3. The molecular weight excluding hydrogens is 260 g/mol. The predicted octanol–water partition coefficient (Wildman–Crippen LogP) is 3.00. The first-order valence-corrected chi connectivity index (χ1v) is 5.52. The summed E-state index contributed by atoms with van der Waals surface area (Å²) in [6.07, 6.45) is 1.51. The van der Waals surface area contributed by atoms with Gasteiger partial charge in [-0.05, 0) is 12.1 Å². The Morgan fingerprint density at radius 3 is 2.89 bits per heavy atom. The van der Waals surface area contributed by atoms with Gasteiger partial charge in [0.25, 0.3) is 0 Å². The molecule has 1 aromatic carbocycles. The van der Waals surface area contributed by atoms with Crippen LogP contribution in [0.2, 0.25) is 0 Å². The Morgan fingerprint density at radius 2 is 2.33 bits per heavy atom. The number of nitrogens with zero attached hydrogens (tertiary/aromatic N) is 2. The van der Waals surface area contributed by atoms with Crippen LogP contribution >= 0.6 is 11.6 Å². The molecule has 18 heavy (non-hydrogen) atoms. The fourth-order valence-electron chi connectivity index (χ4n) is 1.49. The molecule has 6 nitrogen and oxygen atoms in total. The molecule has 94 valence electrons. The van der Waals surface area contributed by atoms with E-state index in [1.54, 1.807) is 6.07 Å². The van der Waals surface area contributed by atoms with Crippen LogP contribution in [0.15, 0.2) is 28.8 Å². The molecule has 0 spiro atoms. The van der Waals surface area contributed by atoms with Gasteiger partial charge >= 0.3 is 5.69 Å². The fourth-order valence-corrected chi connectivity index (χ4v) is 1.61. The van der Waals surface area contributed by atoms with Crippen LogP contribution in [0.4, 0.5) is 5.69 Å². The van der Waals surface area contributed by atoms with Crippen molar-refractivity contribution in [3.05, 3.63) is 40.4 Å². The van der Waals surface area contributed by atoms with Crippen molar-refractivity contribution in [1.29, 1.82) is 0 Å². The van der Waals surface area contributed by atoms with Gasteiger partial charge in [-0.1, -0.05) is 0 Å². The summed E-state index contributed by atoms with van der Waals surface area (Å²) in [5.74, 6) is 1.22. The van der Waals surface area contributed by atoms with E-state index < -0.39 is 4.92 Å². The van der Waals surface area contributed by atoms with Gasteiger partial charge in [0, 0.05) is 11.6 Å². The Labute approximate surface area is 107 Å². The number of methoxy groups -OCH3 is 1. The molecule has 0 unspecified atom stereocenters. The maximum atomic E-state index is 10.8. The minimum Gasteiger partial charge on any atom is -0.490 e. The molecule has 0 saturated heterocycles. The molecule has 0 aliphatic heterocycles. The van der Waals surface area contributed by atoms with Crippen LogP contribution in [0.1, 0.15) is 5.89 Å². The smallest absolute Gasteiger partial charge is 0.310 e. The highest BCUT2D eigenvalue weighted by atomic mass is 35.5. The van der Waals surface area contributed by atoms with Gasteiger partial charge in [0.15, 0.2) is 11.5 Å². The minimum atomic E-state index is -0.507. The first-order valence-electron chi connectivity index (χ1n) is 4.99. The number of halogens is 1. The first-order chi connectivity index (χ1) is 8.65. The van der Waals surface area contributed by atoms with E-state index in [-0.39, 0.29) is 17.3 Å². The van der Waals surface area contributed by atoms with Crippen molar-refractivity contribution in [2.24, 2.45) is 0 Å². The molecule has 0 bridgehead atoms. The van der Waals surface area contributed by atoms with E-state index in [1.807, 2.05) is 0 Å². The second kappa shape index (κ2) is 5.05. The molecule has 0 aliphatic carbocycles. The van der Waals surface area contributed by atoms with Gasteiger partial charge in [-0.2, -0.15) is 0 Å². The number of benzene rings is 1. The van der Waals surface area contributed by atoms with Gasteiger partial charge in [-0.3, -0.25) is 10.1 Å². The second-order valence-corrected chi connectivity index (χ2v) is 3.66. The van der Waals surface area contributed by atoms with Crippen LogP contribution in [-0.2, 0) is 5.88 Å². The lowest BCUT2D eigenvalue weighted by Gasteiger charge is -2.03. The Morgan fingerprint density at radius 1 is 1.56 bits per heavy atom. The Bertz CT molecular complexity index is 582. The molecule has 0 fully saturated rings. The predicted molar refractivity (Wildman–Crippen MR) is 64.7 cm³/mol. The maximum absolute atomic E-state index is 10.8. The molecule has 0 saturated carbocycles. The number of nitro benzene ring substituents is 1. The highest BCUT2D eigenvalue weighted by Crippen LogP contribution is 2.32. The zero-order valence-electron chi connectivity index (χ0n) is 9.42. The summed E-state index contributed by atoms with van der Waals surface area (Å²) >= 11 is 5.58. The number of alkyl halides is 1. The average molecular weight is 269 g/mol. The van der Waals surface area contributed by atoms with Crippen molar-refractivity contribution in [1.82, 2.24) is 4.98 Å². The molecule has 2 aromatic rings. The summed E-state index contributed by atoms with van der Waals surface area (Å²) in [5, 5.41) is 10.8. The van der Waals surface area contributed by atoms with Gasteiger partial charge < -0.3 is 9.15 Å². The fraction of sp³-hybridized carbons (Fsp3) is 0.182. The van der Waals surface area contributed by atoms with Crippen LogP contribution in [0.25, 0.3) is 11.3 Å². The quantitative estimate of drug-likeness (QED) is 0.484. The van der Waals surface area contributed by atoms with Crippen molar-refractivity contribution in [2.45, 2.75) is 5.88 Å². The van der Waals surface area contributed by atoms with E-state index in [2.05, 4.69) is 4.98 Å². The van der Waals surface area contributed by atoms with Crippen LogP contribution < -0.4 is 4.74 Å². The molecule has 0 amide bonds. The van der Waals surface area contributed by atoms with Gasteiger partial charge in [-0.25, -0.2) is 4.98 Å². The van der Waals surface area contributed by atoms with Crippen molar-refractivity contribution in [2.75, 3.05) is 7.11 Å². The van der Waals surface area contributed by atoms with E-state index >= 15 is 0 Å². The molecule has 2 rings (SSSR count). The van der Waals surface area contributed by atoms with Crippen LogP contribution in [0.5, 0.6) is 5.75 Å². The van der Waals surface area contributed by atoms with E-state index in [0.29, 0.717) is 17.2 Å². The summed E-state index contributed by atoms with van der Waals surface area (Å²) in [6.45, 7) is 0. The Kier molecular flexibility index (Phi) is 3.47. The Hall–Kier alpha value is -2.08. The highest BCUT2D eigenvalue weighted by molar-refractivity contribution is 6.16. The lowest BCUT2D eigenvalue weighted by atomic mass is 10.1. The molecule has 7 heteroatoms. The number of nitro groups is 1. The monoisotopic (exact) mass is 268 g/mol. The van der Waals surface area contributed by atoms with Crippen LogP contribution in [0.3, 0.4) is 0 Å². The summed E-state index contributed by atoms with van der Waals surface area (Å²) in [4.78, 5) is 14.2. The topological polar surface area (TPSA) is 78.4 Å². The van der Waals surface area contributed by atoms with Crippen molar-refractivity contribution >= 4 is 17.3 Å². The highest BCUT2D eigenvalue weighted by Gasteiger charge is 2.16. The lowest BCUT2D eigenvalue weighted by molar-refractivity contribution is -0.385. The molecule has 0 radical (unpaired) electrons. The number of aromatic nitrogens is 1. The van der Waals surface area contributed by atoms with E-state index in [9.17, 15) is 10.1 Å². The van der Waals surface area contributed by atoms with Gasteiger partial charge in [-0.15, -0.1) is 11.6 Å². The first kappa shape index (κ1) is 12.4. The largest absolute Gasteiger partial charge is 0.490 e. The molecule has 0 N–H and O–H groups in total. The number of hydrogen-bond acceptors (Lipinski definition) is 5. The zero-order chi connectivity index (χ0) is 13.1. The van der Waals surface area contributed by atoms with E-state index in [1.165, 1.54) is 25.4 Å². The number of ether oxygens (including phenoxy) is 1. The third-order valence-corrected chi connectivity index (χ3v) is 2.56. The van der Waals surface area contributed by atoms with Gasteiger partial charge in [0.1, 0.15) is 0 Å². The van der Waals surface area contributed by atoms with E-state index in [0.717, 1.165) is 0 Å². The zero-order valence-corrected chi connectivity index (χ0v) is 10.2. The lowest BCUT2D eigenvalue weighted by Crippen LogP contribution is -1.93. The van der Waals surface area contributed by atoms with Crippen LogP contribution in [-0.4, -0.2) is 17.0 Å². The van der Waals surface area contributed by atoms with Crippen molar-refractivity contribution < 1.29 is 14.1 Å². The third kappa shape index (κ3) is 2.28. The molecule has 1 aromatic heterocycles. The number of rotatable bonds is 4. The maximum Gasteiger partial charge on any atom is 0.310 e. The summed E-state index contributed by atoms with van der Waals surface area (Å²) in [5.41, 5.74) is 0.541. The van der Waals surface area contributed by atoms with Crippen LogP contribution in [0, 0.1) is 10.1 Å². The average Bonchev–Trinajstić information content (AvgIpc) is 2.86. The second-order valence-electron chi connectivity index (χ2n) is 3.40. The summed E-state index contributed by atoms with van der Waals surface area (Å²) in [6, 6.07) is 4.45. The summed E-state index contributed by atoms with van der Waals surface area (Å²) in [7, 11) is 1.37.